The first-order chi connectivity index (χ1) is 9.65. The van der Waals surface area contributed by atoms with Gasteiger partial charge in [0.25, 0.3) is 0 Å². The van der Waals surface area contributed by atoms with E-state index < -0.39 is 0 Å². The van der Waals surface area contributed by atoms with E-state index in [1.165, 1.54) is 25.7 Å². The SMILES string of the molecule is CC1CCCC(CCNC(=O)Cc2ccccc2N)C1. The average Bonchev–Trinajstić information content (AvgIpc) is 2.41. The number of amides is 1. The van der Waals surface area contributed by atoms with Crippen LogP contribution in [0.3, 0.4) is 0 Å². The molecule has 1 aromatic carbocycles. The molecule has 1 amide bonds. The molecule has 0 aliphatic heterocycles. The summed E-state index contributed by atoms with van der Waals surface area (Å²) < 4.78 is 0. The Hall–Kier alpha value is -1.51. The van der Waals surface area contributed by atoms with Gasteiger partial charge in [-0.25, -0.2) is 0 Å². The van der Waals surface area contributed by atoms with Crippen molar-refractivity contribution < 1.29 is 4.79 Å². The lowest BCUT2D eigenvalue weighted by molar-refractivity contribution is -0.120. The molecule has 0 saturated heterocycles. The summed E-state index contributed by atoms with van der Waals surface area (Å²) in [6, 6.07) is 7.56. The van der Waals surface area contributed by atoms with Crippen LogP contribution in [0, 0.1) is 11.8 Å². The molecule has 3 N–H and O–H groups in total. The summed E-state index contributed by atoms with van der Waals surface area (Å²) in [5.74, 6) is 1.72. The molecule has 3 nitrogen and oxygen atoms in total. The molecule has 0 heterocycles. The van der Waals surface area contributed by atoms with E-state index in [1.807, 2.05) is 24.3 Å². The Morgan fingerprint density at radius 3 is 2.90 bits per heavy atom. The zero-order valence-electron chi connectivity index (χ0n) is 12.4. The minimum absolute atomic E-state index is 0.0757. The van der Waals surface area contributed by atoms with Crippen molar-refractivity contribution in [1.82, 2.24) is 5.32 Å². The smallest absolute Gasteiger partial charge is 0.224 e. The number of hydrogen-bond donors (Lipinski definition) is 2. The first kappa shape index (κ1) is 14.9. The molecule has 0 aromatic heterocycles. The molecule has 2 rings (SSSR count). The Morgan fingerprint density at radius 1 is 1.35 bits per heavy atom. The highest BCUT2D eigenvalue weighted by Crippen LogP contribution is 2.30. The van der Waals surface area contributed by atoms with E-state index in [1.54, 1.807) is 0 Å². The molecule has 2 atom stereocenters. The second kappa shape index (κ2) is 7.32. The van der Waals surface area contributed by atoms with Crippen molar-refractivity contribution in [1.29, 1.82) is 0 Å². The molecule has 20 heavy (non-hydrogen) atoms. The lowest BCUT2D eigenvalue weighted by Crippen LogP contribution is -2.28. The van der Waals surface area contributed by atoms with Gasteiger partial charge in [-0.15, -0.1) is 0 Å². The Labute approximate surface area is 121 Å². The van der Waals surface area contributed by atoms with Crippen molar-refractivity contribution >= 4 is 11.6 Å². The van der Waals surface area contributed by atoms with Gasteiger partial charge in [-0.2, -0.15) is 0 Å². The van der Waals surface area contributed by atoms with Crippen LogP contribution in [0.1, 0.15) is 44.6 Å². The molecule has 1 aliphatic rings. The quantitative estimate of drug-likeness (QED) is 0.810. The van der Waals surface area contributed by atoms with Crippen molar-refractivity contribution in [2.45, 2.75) is 45.4 Å². The Balaban J connectivity index is 1.69. The van der Waals surface area contributed by atoms with E-state index in [0.29, 0.717) is 12.1 Å². The van der Waals surface area contributed by atoms with Gasteiger partial charge in [0.1, 0.15) is 0 Å². The highest BCUT2D eigenvalue weighted by molar-refractivity contribution is 5.80. The molecule has 0 spiro atoms. The van der Waals surface area contributed by atoms with Crippen molar-refractivity contribution in [3.05, 3.63) is 29.8 Å². The van der Waals surface area contributed by atoms with E-state index in [-0.39, 0.29) is 5.91 Å². The normalized spacial score (nSPS) is 22.4. The third-order valence-corrected chi connectivity index (χ3v) is 4.33. The van der Waals surface area contributed by atoms with E-state index in [2.05, 4.69) is 12.2 Å². The third-order valence-electron chi connectivity index (χ3n) is 4.33. The lowest BCUT2D eigenvalue weighted by atomic mass is 9.81. The fourth-order valence-electron chi connectivity index (χ4n) is 3.17. The maximum atomic E-state index is 11.9. The Morgan fingerprint density at radius 2 is 2.15 bits per heavy atom. The average molecular weight is 274 g/mol. The fourth-order valence-corrected chi connectivity index (χ4v) is 3.17. The van der Waals surface area contributed by atoms with Gasteiger partial charge < -0.3 is 11.1 Å². The van der Waals surface area contributed by atoms with Crippen LogP contribution in [0.15, 0.2) is 24.3 Å². The van der Waals surface area contributed by atoms with Crippen LogP contribution in [0.4, 0.5) is 5.69 Å². The highest BCUT2D eigenvalue weighted by atomic mass is 16.1. The zero-order valence-corrected chi connectivity index (χ0v) is 12.4. The van der Waals surface area contributed by atoms with E-state index in [0.717, 1.165) is 30.4 Å². The van der Waals surface area contributed by atoms with Crippen LogP contribution in [0.2, 0.25) is 0 Å². The maximum Gasteiger partial charge on any atom is 0.224 e. The second-order valence-corrected chi connectivity index (χ2v) is 6.15. The van der Waals surface area contributed by atoms with Crippen molar-refractivity contribution in [2.24, 2.45) is 11.8 Å². The van der Waals surface area contributed by atoms with Gasteiger partial charge in [0.05, 0.1) is 6.42 Å². The summed E-state index contributed by atoms with van der Waals surface area (Å²) in [4.78, 5) is 11.9. The maximum absolute atomic E-state index is 11.9. The number of nitrogens with two attached hydrogens (primary N) is 1. The van der Waals surface area contributed by atoms with Gasteiger partial charge in [-0.3, -0.25) is 4.79 Å². The van der Waals surface area contributed by atoms with E-state index in [9.17, 15) is 4.79 Å². The molecule has 3 heteroatoms. The van der Waals surface area contributed by atoms with Crippen LogP contribution in [0.5, 0.6) is 0 Å². The first-order valence-electron chi connectivity index (χ1n) is 7.75. The Bertz CT molecular complexity index is 444. The van der Waals surface area contributed by atoms with Crippen LogP contribution in [0.25, 0.3) is 0 Å². The summed E-state index contributed by atoms with van der Waals surface area (Å²) in [6.07, 6.45) is 6.86. The van der Waals surface area contributed by atoms with Crippen LogP contribution >= 0.6 is 0 Å². The van der Waals surface area contributed by atoms with Crippen LogP contribution in [-0.2, 0) is 11.2 Å². The lowest BCUT2D eigenvalue weighted by Gasteiger charge is -2.26. The minimum Gasteiger partial charge on any atom is -0.398 e. The second-order valence-electron chi connectivity index (χ2n) is 6.15. The molecule has 1 saturated carbocycles. The number of nitrogens with one attached hydrogen (secondary N) is 1. The van der Waals surface area contributed by atoms with Crippen molar-refractivity contribution in [2.75, 3.05) is 12.3 Å². The number of rotatable bonds is 5. The first-order valence-corrected chi connectivity index (χ1v) is 7.75. The number of benzene rings is 1. The number of carbonyl (C=O) groups is 1. The van der Waals surface area contributed by atoms with Crippen molar-refractivity contribution in [3.8, 4) is 0 Å². The fraction of sp³-hybridized carbons (Fsp3) is 0.588. The van der Waals surface area contributed by atoms with E-state index in [4.69, 9.17) is 5.73 Å². The van der Waals surface area contributed by atoms with Gasteiger partial charge in [0, 0.05) is 12.2 Å². The van der Waals surface area contributed by atoms with Gasteiger partial charge in [0.2, 0.25) is 5.91 Å². The number of carbonyl (C=O) groups excluding carboxylic acids is 1. The monoisotopic (exact) mass is 274 g/mol. The molecule has 0 radical (unpaired) electrons. The topological polar surface area (TPSA) is 55.1 Å². The molecule has 1 aromatic rings. The van der Waals surface area contributed by atoms with Crippen LogP contribution in [-0.4, -0.2) is 12.5 Å². The van der Waals surface area contributed by atoms with Gasteiger partial charge in [-0.1, -0.05) is 44.4 Å². The number of nitrogen functional groups attached to an aromatic ring is 1. The number of para-hydroxylation sites is 1. The zero-order chi connectivity index (χ0) is 14.4. The predicted molar refractivity (Wildman–Crippen MR) is 83.3 cm³/mol. The van der Waals surface area contributed by atoms with Crippen LogP contribution < -0.4 is 11.1 Å². The number of anilines is 1. The molecule has 2 unspecified atom stereocenters. The highest BCUT2D eigenvalue weighted by Gasteiger charge is 2.18. The molecule has 110 valence electrons. The van der Waals surface area contributed by atoms with Gasteiger partial charge in [0.15, 0.2) is 0 Å². The molecular weight excluding hydrogens is 248 g/mol. The minimum atomic E-state index is 0.0757. The molecule has 0 bridgehead atoms. The summed E-state index contributed by atoms with van der Waals surface area (Å²) in [7, 11) is 0. The predicted octanol–water partition coefficient (Wildman–Crippen LogP) is 3.14. The standard InChI is InChI=1S/C17H26N2O/c1-13-5-4-6-14(11-13)9-10-19-17(20)12-15-7-2-3-8-16(15)18/h2-3,7-8,13-14H,4-6,9-12,18H2,1H3,(H,19,20). The van der Waals surface area contributed by atoms with Crippen molar-refractivity contribution in [3.63, 3.8) is 0 Å². The summed E-state index contributed by atoms with van der Waals surface area (Å²) in [5, 5.41) is 3.03. The summed E-state index contributed by atoms with van der Waals surface area (Å²) in [6.45, 7) is 3.13. The van der Waals surface area contributed by atoms with Gasteiger partial charge >= 0.3 is 0 Å². The van der Waals surface area contributed by atoms with E-state index >= 15 is 0 Å². The summed E-state index contributed by atoms with van der Waals surface area (Å²) in [5.41, 5.74) is 7.46. The molecular formula is C17H26N2O. The number of hydrogen-bond acceptors (Lipinski definition) is 2. The molecule has 1 aliphatic carbocycles. The molecule has 1 fully saturated rings. The summed E-state index contributed by atoms with van der Waals surface area (Å²) >= 11 is 0. The Kier molecular flexibility index (Phi) is 5.45. The largest absolute Gasteiger partial charge is 0.398 e. The third kappa shape index (κ3) is 4.55. The van der Waals surface area contributed by atoms with Gasteiger partial charge in [-0.05, 0) is 36.3 Å².